The summed E-state index contributed by atoms with van der Waals surface area (Å²) in [5.74, 6) is -4.61. The fourth-order valence-corrected chi connectivity index (χ4v) is 4.15. The van der Waals surface area contributed by atoms with Gasteiger partial charge in [0.1, 0.15) is 10.7 Å². The molecule has 0 radical (unpaired) electrons. The third kappa shape index (κ3) is 4.04. The van der Waals surface area contributed by atoms with Gasteiger partial charge in [0.2, 0.25) is 10.0 Å². The van der Waals surface area contributed by atoms with Crippen LogP contribution >= 0.6 is 0 Å². The van der Waals surface area contributed by atoms with Gasteiger partial charge in [-0.05, 0) is 31.0 Å². The minimum atomic E-state index is -4.56. The third-order valence-electron chi connectivity index (χ3n) is 3.96. The summed E-state index contributed by atoms with van der Waals surface area (Å²) in [5.41, 5.74) is -0.461. The maximum atomic E-state index is 13.9. The lowest BCUT2D eigenvalue weighted by molar-refractivity contribution is -0.187. The van der Waals surface area contributed by atoms with Crippen LogP contribution in [0.25, 0.3) is 0 Å². The maximum absolute atomic E-state index is 13.9. The Morgan fingerprint density at radius 3 is 2.38 bits per heavy atom. The van der Waals surface area contributed by atoms with E-state index in [0.29, 0.717) is 18.9 Å². The van der Waals surface area contributed by atoms with Gasteiger partial charge in [0, 0.05) is 6.04 Å². The van der Waals surface area contributed by atoms with Crippen LogP contribution in [0.4, 0.5) is 17.6 Å². The molecule has 1 saturated carbocycles. The van der Waals surface area contributed by atoms with Gasteiger partial charge in [-0.25, -0.2) is 22.3 Å². The van der Waals surface area contributed by atoms with Crippen molar-refractivity contribution < 1.29 is 35.9 Å². The molecular formula is C14H15F4NO4S. The number of halogens is 4. The lowest BCUT2D eigenvalue weighted by atomic mass is 9.85. The minimum Gasteiger partial charge on any atom is -0.478 e. The predicted octanol–water partition coefficient (Wildman–Crippen LogP) is 2.92. The largest absolute Gasteiger partial charge is 0.478 e. The Morgan fingerprint density at radius 2 is 1.83 bits per heavy atom. The van der Waals surface area contributed by atoms with Crippen molar-refractivity contribution >= 4 is 16.0 Å². The fraction of sp³-hybridized carbons (Fsp3) is 0.500. The van der Waals surface area contributed by atoms with E-state index in [1.54, 1.807) is 0 Å². The first-order valence-electron chi connectivity index (χ1n) is 7.14. The van der Waals surface area contributed by atoms with Crippen LogP contribution in [0.5, 0.6) is 0 Å². The van der Waals surface area contributed by atoms with Crippen LogP contribution in [0, 0.1) is 11.7 Å². The highest BCUT2D eigenvalue weighted by Gasteiger charge is 2.46. The van der Waals surface area contributed by atoms with Crippen molar-refractivity contribution in [3.63, 3.8) is 0 Å². The zero-order chi connectivity index (χ0) is 18.1. The normalized spacial score (nSPS) is 22.3. The molecule has 0 unspecified atom stereocenters. The number of hydrogen-bond donors (Lipinski definition) is 2. The molecule has 1 fully saturated rings. The average molecular weight is 369 g/mol. The molecule has 5 nitrogen and oxygen atoms in total. The van der Waals surface area contributed by atoms with Crippen LogP contribution in [0.3, 0.4) is 0 Å². The Hall–Kier alpha value is -1.68. The molecule has 0 aliphatic heterocycles. The van der Waals surface area contributed by atoms with Gasteiger partial charge in [-0.2, -0.15) is 13.2 Å². The molecule has 1 aromatic carbocycles. The molecule has 1 aromatic rings. The molecule has 134 valence electrons. The van der Waals surface area contributed by atoms with E-state index in [4.69, 9.17) is 5.11 Å². The number of hydrogen-bond acceptors (Lipinski definition) is 3. The van der Waals surface area contributed by atoms with Gasteiger partial charge in [-0.15, -0.1) is 0 Å². The number of nitrogens with one attached hydrogen (secondary N) is 1. The summed E-state index contributed by atoms with van der Waals surface area (Å²) in [4.78, 5) is 9.85. The molecule has 1 aliphatic carbocycles. The highest BCUT2D eigenvalue weighted by Crippen LogP contribution is 2.38. The zero-order valence-corrected chi connectivity index (χ0v) is 13.1. The van der Waals surface area contributed by atoms with E-state index in [2.05, 4.69) is 0 Å². The van der Waals surface area contributed by atoms with E-state index in [9.17, 15) is 30.8 Å². The van der Waals surface area contributed by atoms with Gasteiger partial charge in [-0.3, -0.25) is 0 Å². The highest BCUT2D eigenvalue weighted by molar-refractivity contribution is 7.89. The summed E-state index contributed by atoms with van der Waals surface area (Å²) in [7, 11) is -4.54. The standard InChI is InChI=1S/C14H15F4NO4S/c15-10-7-8(13(20)21)5-6-12(10)24(22,23)19-11-4-2-1-3-9(11)14(16,17)18/h5-7,9,11,19H,1-4H2,(H,20,21)/t9-,11-/m1/s1. The topological polar surface area (TPSA) is 83.5 Å². The second-order valence-corrected chi connectivity index (χ2v) is 7.29. The predicted molar refractivity (Wildman–Crippen MR) is 75.5 cm³/mol. The summed E-state index contributed by atoms with van der Waals surface area (Å²) >= 11 is 0. The second kappa shape index (κ2) is 6.67. The smallest absolute Gasteiger partial charge is 0.393 e. The molecule has 0 aromatic heterocycles. The molecule has 0 amide bonds. The van der Waals surface area contributed by atoms with Crippen molar-refractivity contribution in [1.82, 2.24) is 4.72 Å². The number of benzene rings is 1. The molecule has 2 N–H and O–H groups in total. The Balaban J connectivity index is 2.29. The first-order chi connectivity index (χ1) is 11.0. The highest BCUT2D eigenvalue weighted by atomic mass is 32.2. The molecule has 24 heavy (non-hydrogen) atoms. The average Bonchev–Trinajstić information content (AvgIpc) is 2.45. The zero-order valence-electron chi connectivity index (χ0n) is 12.3. The lowest BCUT2D eigenvalue weighted by Crippen LogP contribution is -2.47. The van der Waals surface area contributed by atoms with E-state index in [0.717, 1.165) is 12.1 Å². The summed E-state index contributed by atoms with van der Waals surface area (Å²) < 4.78 is 79.3. The first-order valence-corrected chi connectivity index (χ1v) is 8.62. The molecule has 0 spiro atoms. The number of carboxylic acids is 1. The van der Waals surface area contributed by atoms with Gasteiger partial charge in [0.25, 0.3) is 0 Å². The SMILES string of the molecule is O=C(O)c1ccc(S(=O)(=O)N[C@@H]2CCCC[C@H]2C(F)(F)F)c(F)c1. The Morgan fingerprint density at radius 1 is 1.21 bits per heavy atom. The summed E-state index contributed by atoms with van der Waals surface area (Å²) in [6.45, 7) is 0. The van der Waals surface area contributed by atoms with Gasteiger partial charge < -0.3 is 5.11 Å². The molecular weight excluding hydrogens is 354 g/mol. The van der Waals surface area contributed by atoms with E-state index in [1.807, 2.05) is 4.72 Å². The van der Waals surface area contributed by atoms with Gasteiger partial charge in [0.05, 0.1) is 11.5 Å². The van der Waals surface area contributed by atoms with Crippen LogP contribution in [0.15, 0.2) is 23.1 Å². The van der Waals surface area contributed by atoms with Crippen molar-refractivity contribution in [2.24, 2.45) is 5.92 Å². The molecule has 2 rings (SSSR count). The van der Waals surface area contributed by atoms with Gasteiger partial charge in [0.15, 0.2) is 0 Å². The van der Waals surface area contributed by atoms with Crippen molar-refractivity contribution in [2.45, 2.75) is 42.8 Å². The quantitative estimate of drug-likeness (QED) is 0.800. The Labute approximate surface area is 135 Å². The van der Waals surface area contributed by atoms with Crippen LogP contribution in [0.1, 0.15) is 36.0 Å². The van der Waals surface area contributed by atoms with Crippen LogP contribution < -0.4 is 4.72 Å². The number of carboxylic acid groups (broad SMARTS) is 1. The summed E-state index contributed by atoms with van der Waals surface area (Å²) in [6, 6.07) is 0.746. The number of carbonyl (C=O) groups is 1. The van der Waals surface area contributed by atoms with Crippen LogP contribution in [0.2, 0.25) is 0 Å². The minimum absolute atomic E-state index is 0.00175. The first kappa shape index (κ1) is 18.7. The molecule has 0 heterocycles. The number of aromatic carboxylic acids is 1. The van der Waals surface area contributed by atoms with Crippen LogP contribution in [-0.2, 0) is 10.0 Å². The molecule has 0 saturated heterocycles. The van der Waals surface area contributed by atoms with Crippen LogP contribution in [-0.4, -0.2) is 31.7 Å². The summed E-state index contributed by atoms with van der Waals surface area (Å²) in [6.07, 6.45) is -3.99. The number of alkyl halides is 3. The molecule has 2 atom stereocenters. The number of rotatable bonds is 4. The van der Waals surface area contributed by atoms with Crippen molar-refractivity contribution in [2.75, 3.05) is 0 Å². The second-order valence-electron chi connectivity index (χ2n) is 5.61. The van der Waals surface area contributed by atoms with Gasteiger partial charge in [-0.1, -0.05) is 12.8 Å². The monoisotopic (exact) mass is 369 g/mol. The van der Waals surface area contributed by atoms with E-state index in [-0.39, 0.29) is 12.8 Å². The van der Waals surface area contributed by atoms with E-state index >= 15 is 0 Å². The molecule has 10 heteroatoms. The number of sulfonamides is 1. The molecule has 0 bridgehead atoms. The van der Waals surface area contributed by atoms with Crippen molar-refractivity contribution in [1.29, 1.82) is 0 Å². The fourth-order valence-electron chi connectivity index (χ4n) is 2.78. The summed E-state index contributed by atoms with van der Waals surface area (Å²) in [5, 5.41) is 8.73. The van der Waals surface area contributed by atoms with E-state index in [1.165, 1.54) is 0 Å². The van der Waals surface area contributed by atoms with Gasteiger partial charge >= 0.3 is 12.1 Å². The van der Waals surface area contributed by atoms with Crippen molar-refractivity contribution in [3.05, 3.63) is 29.6 Å². The molecule has 1 aliphatic rings. The lowest BCUT2D eigenvalue weighted by Gasteiger charge is -2.33. The third-order valence-corrected chi connectivity index (χ3v) is 5.48. The van der Waals surface area contributed by atoms with E-state index < -0.39 is 50.4 Å². The maximum Gasteiger partial charge on any atom is 0.393 e. The Kier molecular flexibility index (Phi) is 5.19. The Bertz CT molecular complexity index is 733. The van der Waals surface area contributed by atoms with Crippen molar-refractivity contribution in [3.8, 4) is 0 Å².